The van der Waals surface area contributed by atoms with E-state index in [0.717, 1.165) is 32.1 Å². The fourth-order valence-corrected chi connectivity index (χ4v) is 4.58. The fourth-order valence-electron chi connectivity index (χ4n) is 4.58. The van der Waals surface area contributed by atoms with Crippen LogP contribution in [0.2, 0.25) is 0 Å². The predicted octanol–water partition coefficient (Wildman–Crippen LogP) is 1.66. The lowest BCUT2D eigenvalue weighted by Crippen LogP contribution is -2.48. The number of hydrogen-bond acceptors (Lipinski definition) is 8. The summed E-state index contributed by atoms with van der Waals surface area (Å²) in [6, 6.07) is 0. The van der Waals surface area contributed by atoms with Crippen molar-refractivity contribution in [3.8, 4) is 0 Å². The van der Waals surface area contributed by atoms with E-state index in [1.807, 2.05) is 20.8 Å². The number of ketones is 1. The van der Waals surface area contributed by atoms with Crippen LogP contribution < -0.4 is 5.32 Å². The summed E-state index contributed by atoms with van der Waals surface area (Å²) >= 11 is 0. The molecule has 0 aromatic carbocycles. The molecule has 0 unspecified atom stereocenters. The van der Waals surface area contributed by atoms with E-state index in [4.69, 9.17) is 9.47 Å². The van der Waals surface area contributed by atoms with Crippen LogP contribution in [0, 0.1) is 17.3 Å². The number of ether oxygens (including phenoxy) is 2. The molecule has 2 aliphatic rings. The molecule has 1 heterocycles. The lowest BCUT2D eigenvalue weighted by atomic mass is 9.89. The summed E-state index contributed by atoms with van der Waals surface area (Å²) in [5, 5.41) is 33.8. The number of rotatable bonds is 10. The highest BCUT2D eigenvalue weighted by Crippen LogP contribution is 2.27. The van der Waals surface area contributed by atoms with Crippen LogP contribution in [0.5, 0.6) is 0 Å². The van der Waals surface area contributed by atoms with E-state index < -0.39 is 42.2 Å². The molecular formula is C26H43NO8. The fraction of sp³-hybridized carbons (Fsp3) is 0.808. The molecule has 1 amide bonds. The molecule has 1 aliphatic heterocycles. The first-order valence-corrected chi connectivity index (χ1v) is 12.7. The predicted molar refractivity (Wildman–Crippen MR) is 129 cm³/mol. The number of carbonyl (C=O) groups is 3. The number of nitrogens with one attached hydrogen (secondary N) is 1. The molecule has 1 saturated heterocycles. The van der Waals surface area contributed by atoms with Crippen molar-refractivity contribution in [2.24, 2.45) is 17.3 Å². The van der Waals surface area contributed by atoms with E-state index in [2.05, 4.69) is 5.32 Å². The van der Waals surface area contributed by atoms with Crippen molar-refractivity contribution < 1.29 is 39.2 Å². The highest BCUT2D eigenvalue weighted by molar-refractivity contribution is 5.89. The first-order valence-electron chi connectivity index (χ1n) is 12.7. The zero-order valence-corrected chi connectivity index (χ0v) is 21.4. The molecule has 0 aromatic rings. The Kier molecular flexibility index (Phi) is 11.3. The minimum absolute atomic E-state index is 0.0796. The molecule has 200 valence electrons. The van der Waals surface area contributed by atoms with Gasteiger partial charge in [0.1, 0.15) is 30.5 Å². The Morgan fingerprint density at radius 1 is 1.06 bits per heavy atom. The molecule has 0 aromatic heterocycles. The molecule has 0 bridgehead atoms. The zero-order chi connectivity index (χ0) is 26.2. The first-order chi connectivity index (χ1) is 16.4. The second-order valence-electron chi connectivity index (χ2n) is 10.9. The number of Topliss-reactive ketones (excluding diaryl/α,β-unsaturated/α-hetero) is 1. The largest absolute Gasteiger partial charge is 0.460 e. The summed E-state index contributed by atoms with van der Waals surface area (Å²) < 4.78 is 10.8. The van der Waals surface area contributed by atoms with Gasteiger partial charge in [-0.25, -0.2) is 0 Å². The molecule has 0 radical (unpaired) electrons. The number of esters is 1. The molecule has 4 N–H and O–H groups in total. The Labute approximate surface area is 208 Å². The monoisotopic (exact) mass is 497 g/mol. The van der Waals surface area contributed by atoms with Crippen LogP contribution in [-0.2, 0) is 23.9 Å². The van der Waals surface area contributed by atoms with Gasteiger partial charge in [0.15, 0.2) is 5.78 Å². The van der Waals surface area contributed by atoms with Crippen molar-refractivity contribution in [2.45, 2.75) is 103 Å². The topological polar surface area (TPSA) is 142 Å². The van der Waals surface area contributed by atoms with E-state index in [-0.39, 0.29) is 36.2 Å². The Morgan fingerprint density at radius 2 is 1.71 bits per heavy atom. The van der Waals surface area contributed by atoms with E-state index in [1.54, 1.807) is 6.08 Å². The number of hydrogen-bond donors (Lipinski definition) is 4. The highest BCUT2D eigenvalue weighted by atomic mass is 16.5. The summed E-state index contributed by atoms with van der Waals surface area (Å²) in [5.74, 6) is -1.84. The standard InChI is InChI=1S/C26H43NO8/c1-26(2,3)13-12-19(28)21(30)22(31)23(34-4)20(29)14-17-10-11-18(15-27-24(17)32)35-25(33)16-8-6-5-7-9-16/h12-13,16-19,21-23,28,30-31H,5-11,14-15H2,1-4H3,(H,27,32)/b13-12+/t17-,18-,19-,21+,22-,23+/m1/s1. The highest BCUT2D eigenvalue weighted by Gasteiger charge is 2.38. The van der Waals surface area contributed by atoms with Gasteiger partial charge in [-0.2, -0.15) is 0 Å². The molecule has 1 aliphatic carbocycles. The maximum Gasteiger partial charge on any atom is 0.309 e. The van der Waals surface area contributed by atoms with Crippen LogP contribution in [0.3, 0.4) is 0 Å². The van der Waals surface area contributed by atoms with E-state index >= 15 is 0 Å². The number of allylic oxidation sites excluding steroid dienone is 1. The molecule has 9 nitrogen and oxygen atoms in total. The van der Waals surface area contributed by atoms with Crippen LogP contribution in [0.4, 0.5) is 0 Å². The third kappa shape index (κ3) is 9.29. The Balaban J connectivity index is 1.92. The van der Waals surface area contributed by atoms with Gasteiger partial charge in [0.2, 0.25) is 5.91 Å². The Bertz CT molecular complexity index is 740. The Hall–Kier alpha value is -1.81. The normalized spacial score (nSPS) is 25.9. The van der Waals surface area contributed by atoms with Crippen molar-refractivity contribution in [2.75, 3.05) is 13.7 Å². The minimum Gasteiger partial charge on any atom is -0.460 e. The van der Waals surface area contributed by atoms with Gasteiger partial charge in [0.25, 0.3) is 0 Å². The van der Waals surface area contributed by atoms with Crippen LogP contribution >= 0.6 is 0 Å². The SMILES string of the molecule is CO[C@@H](C(=O)C[C@H]1CC[C@@H](OC(=O)C2CCCCC2)CNC1=O)[C@H](O)[C@@H](O)[C@H](O)/C=C/C(C)(C)C. The summed E-state index contributed by atoms with van der Waals surface area (Å²) in [4.78, 5) is 37.9. The van der Waals surface area contributed by atoms with Crippen LogP contribution in [0.1, 0.15) is 72.1 Å². The van der Waals surface area contributed by atoms with Crippen LogP contribution in [0.15, 0.2) is 12.2 Å². The van der Waals surface area contributed by atoms with Gasteiger partial charge in [0, 0.05) is 19.4 Å². The zero-order valence-electron chi connectivity index (χ0n) is 21.4. The smallest absolute Gasteiger partial charge is 0.309 e. The summed E-state index contributed by atoms with van der Waals surface area (Å²) in [6.45, 7) is 5.95. The van der Waals surface area contributed by atoms with Crippen LogP contribution in [0.25, 0.3) is 0 Å². The van der Waals surface area contributed by atoms with E-state index in [0.29, 0.717) is 12.8 Å². The Morgan fingerprint density at radius 3 is 2.31 bits per heavy atom. The average molecular weight is 498 g/mol. The number of amides is 1. The van der Waals surface area contributed by atoms with E-state index in [1.165, 1.54) is 13.2 Å². The minimum atomic E-state index is -1.68. The van der Waals surface area contributed by atoms with Crippen molar-refractivity contribution >= 4 is 17.7 Å². The number of carbonyl (C=O) groups excluding carboxylic acids is 3. The van der Waals surface area contributed by atoms with Gasteiger partial charge in [-0.1, -0.05) is 52.2 Å². The molecule has 2 fully saturated rings. The number of aliphatic hydroxyl groups is 3. The van der Waals surface area contributed by atoms with Crippen LogP contribution in [-0.4, -0.2) is 77.2 Å². The second-order valence-corrected chi connectivity index (χ2v) is 10.9. The molecule has 9 heteroatoms. The second kappa shape index (κ2) is 13.5. The average Bonchev–Trinajstić information content (AvgIpc) is 2.98. The molecule has 6 atom stereocenters. The van der Waals surface area contributed by atoms with Gasteiger partial charge < -0.3 is 30.1 Å². The lowest BCUT2D eigenvalue weighted by Gasteiger charge is -2.28. The van der Waals surface area contributed by atoms with Crippen molar-refractivity contribution in [3.05, 3.63) is 12.2 Å². The molecule has 1 saturated carbocycles. The van der Waals surface area contributed by atoms with Gasteiger partial charge in [-0.05, 0) is 31.1 Å². The first kappa shape index (κ1) is 29.4. The third-order valence-corrected chi connectivity index (χ3v) is 6.76. The lowest BCUT2D eigenvalue weighted by molar-refractivity contribution is -0.155. The maximum atomic E-state index is 12.9. The maximum absolute atomic E-state index is 12.9. The number of methoxy groups -OCH3 is 1. The van der Waals surface area contributed by atoms with Gasteiger partial charge in [-0.15, -0.1) is 0 Å². The summed E-state index contributed by atoms with van der Waals surface area (Å²) in [6.07, 6.45) is 1.95. The van der Waals surface area contributed by atoms with E-state index in [9.17, 15) is 29.7 Å². The quantitative estimate of drug-likeness (QED) is 0.264. The van der Waals surface area contributed by atoms with Crippen molar-refractivity contribution in [1.29, 1.82) is 0 Å². The van der Waals surface area contributed by atoms with Gasteiger partial charge in [-0.3, -0.25) is 14.4 Å². The van der Waals surface area contributed by atoms with Crippen molar-refractivity contribution in [3.63, 3.8) is 0 Å². The summed E-state index contributed by atoms with van der Waals surface area (Å²) in [7, 11) is 1.23. The summed E-state index contributed by atoms with van der Waals surface area (Å²) in [5.41, 5.74) is -0.239. The molecule has 2 rings (SSSR count). The third-order valence-electron chi connectivity index (χ3n) is 6.76. The molecule has 35 heavy (non-hydrogen) atoms. The van der Waals surface area contributed by atoms with Gasteiger partial charge in [0.05, 0.1) is 12.5 Å². The van der Waals surface area contributed by atoms with Gasteiger partial charge >= 0.3 is 5.97 Å². The molecular weight excluding hydrogens is 454 g/mol. The molecule has 0 spiro atoms. The van der Waals surface area contributed by atoms with Crippen molar-refractivity contribution in [1.82, 2.24) is 5.32 Å². The number of aliphatic hydroxyl groups excluding tert-OH is 3.